The molecule has 2 aromatic rings. The summed E-state index contributed by atoms with van der Waals surface area (Å²) in [5, 5.41) is 3.02. The summed E-state index contributed by atoms with van der Waals surface area (Å²) in [5.74, 6) is 0.0314. The summed E-state index contributed by atoms with van der Waals surface area (Å²) in [6, 6.07) is 14.1. The van der Waals surface area contributed by atoms with Gasteiger partial charge in [0.25, 0.3) is 0 Å². The Hall–Kier alpha value is -2.58. The second kappa shape index (κ2) is 9.28. The molecule has 166 valence electrons. The van der Waals surface area contributed by atoms with Gasteiger partial charge in [0.1, 0.15) is 17.0 Å². The number of nitrogens with two attached hydrogens (primary N) is 1. The summed E-state index contributed by atoms with van der Waals surface area (Å²) in [5.41, 5.74) is 5.94. The maximum Gasteiger partial charge on any atom is 0.413 e. The third-order valence-electron chi connectivity index (χ3n) is 4.77. The zero-order chi connectivity index (χ0) is 22.6. The topological polar surface area (TPSA) is 85.9 Å². The Balaban J connectivity index is 1.90. The first-order valence-corrected chi connectivity index (χ1v) is 11.0. The first-order chi connectivity index (χ1) is 14.6. The smallest absolute Gasteiger partial charge is 0.413 e. The minimum Gasteiger partial charge on any atom is -0.444 e. The van der Waals surface area contributed by atoms with E-state index in [1.54, 1.807) is 33.8 Å². The number of alkyl carbamates (subject to hydrolysis) is 1. The third-order valence-corrected chi connectivity index (χ3v) is 5.71. The predicted octanol–water partition coefficient (Wildman–Crippen LogP) is 4.84. The first-order valence-electron chi connectivity index (χ1n) is 10.0. The molecule has 0 radical (unpaired) electrons. The normalized spacial score (nSPS) is 21.3. The van der Waals surface area contributed by atoms with Crippen molar-refractivity contribution < 1.29 is 18.7 Å². The van der Waals surface area contributed by atoms with Crippen LogP contribution in [0.2, 0.25) is 0 Å². The molecule has 1 amide bonds. The van der Waals surface area contributed by atoms with Gasteiger partial charge >= 0.3 is 6.09 Å². The molecule has 1 aliphatic heterocycles. The molecule has 0 aliphatic carbocycles. The standard InChI is InChI=1S/C23H28FN3O3S/c1-22(2,3)30-21(28)26-20-27-23(4,17-12-16(25)10-11-18(17)24)19(14-31-20)29-13-15-8-6-5-7-9-15/h5-12,19H,13-14,25H2,1-4H3,(H,26,27,28)/t19?,23-/m1/s1. The van der Waals surface area contributed by atoms with E-state index < -0.39 is 29.2 Å². The highest BCUT2D eigenvalue weighted by atomic mass is 32.2. The number of benzene rings is 2. The Morgan fingerprint density at radius 2 is 2.00 bits per heavy atom. The van der Waals surface area contributed by atoms with Crippen molar-refractivity contribution in [2.24, 2.45) is 4.99 Å². The maximum atomic E-state index is 14.8. The minimum absolute atomic E-state index is 0.314. The number of amidine groups is 1. The summed E-state index contributed by atoms with van der Waals surface area (Å²) in [4.78, 5) is 16.9. The van der Waals surface area contributed by atoms with Crippen LogP contribution in [-0.4, -0.2) is 28.7 Å². The van der Waals surface area contributed by atoms with Crippen molar-refractivity contribution in [3.63, 3.8) is 0 Å². The molecule has 2 atom stereocenters. The van der Waals surface area contributed by atoms with Crippen molar-refractivity contribution in [1.82, 2.24) is 5.32 Å². The third kappa shape index (κ3) is 5.98. The number of carbonyl (C=O) groups is 1. The van der Waals surface area contributed by atoms with Gasteiger partial charge in [0.15, 0.2) is 5.17 Å². The lowest BCUT2D eigenvalue weighted by Crippen LogP contribution is -2.46. The van der Waals surface area contributed by atoms with Crippen molar-refractivity contribution >= 4 is 28.7 Å². The number of amides is 1. The van der Waals surface area contributed by atoms with Crippen molar-refractivity contribution in [3.05, 3.63) is 65.5 Å². The molecular weight excluding hydrogens is 417 g/mol. The summed E-state index contributed by atoms with van der Waals surface area (Å²) in [6.07, 6.45) is -1.06. The van der Waals surface area contributed by atoms with Crippen molar-refractivity contribution in [2.75, 3.05) is 11.5 Å². The molecule has 0 fully saturated rings. The highest BCUT2D eigenvalue weighted by Crippen LogP contribution is 2.40. The van der Waals surface area contributed by atoms with Crippen LogP contribution < -0.4 is 11.1 Å². The fourth-order valence-corrected chi connectivity index (χ4v) is 4.37. The van der Waals surface area contributed by atoms with Crippen LogP contribution in [0.1, 0.15) is 38.8 Å². The van der Waals surface area contributed by atoms with Gasteiger partial charge in [0.05, 0.1) is 12.7 Å². The average Bonchev–Trinajstić information content (AvgIpc) is 2.68. The first kappa shape index (κ1) is 23.1. The fraction of sp³-hybridized carbons (Fsp3) is 0.391. The summed E-state index contributed by atoms with van der Waals surface area (Å²) < 4.78 is 26.4. The Labute approximate surface area is 186 Å². The zero-order valence-electron chi connectivity index (χ0n) is 18.1. The fourth-order valence-electron chi connectivity index (χ4n) is 3.23. The van der Waals surface area contributed by atoms with Gasteiger partial charge in [-0.05, 0) is 51.5 Å². The number of nitrogen functional groups attached to an aromatic ring is 1. The lowest BCUT2D eigenvalue weighted by Gasteiger charge is -2.38. The summed E-state index contributed by atoms with van der Waals surface area (Å²) in [6.45, 7) is 7.49. The number of thioether (sulfide) groups is 1. The van der Waals surface area contributed by atoms with Gasteiger partial charge in [-0.1, -0.05) is 42.1 Å². The minimum atomic E-state index is -1.09. The molecular formula is C23H28FN3O3S. The van der Waals surface area contributed by atoms with Gasteiger partial charge < -0.3 is 15.2 Å². The number of nitrogens with zero attached hydrogens (tertiary/aromatic N) is 1. The van der Waals surface area contributed by atoms with E-state index in [0.29, 0.717) is 28.8 Å². The van der Waals surface area contributed by atoms with Crippen LogP contribution >= 0.6 is 11.8 Å². The number of nitrogens with one attached hydrogen (secondary N) is 1. The van der Waals surface area contributed by atoms with E-state index in [4.69, 9.17) is 20.2 Å². The second-order valence-electron chi connectivity index (χ2n) is 8.53. The molecule has 3 rings (SSSR count). The van der Waals surface area contributed by atoms with Gasteiger partial charge in [-0.15, -0.1) is 0 Å². The average molecular weight is 446 g/mol. The van der Waals surface area contributed by atoms with Crippen LogP contribution in [0.4, 0.5) is 14.9 Å². The van der Waals surface area contributed by atoms with Gasteiger partial charge in [0.2, 0.25) is 0 Å². The Kier molecular flexibility index (Phi) is 6.91. The number of ether oxygens (including phenoxy) is 2. The Bertz CT molecular complexity index is 962. The molecule has 2 aromatic carbocycles. The molecule has 1 unspecified atom stereocenters. The number of halogens is 1. The van der Waals surface area contributed by atoms with E-state index in [9.17, 15) is 9.18 Å². The Morgan fingerprint density at radius 3 is 2.68 bits per heavy atom. The predicted molar refractivity (Wildman–Crippen MR) is 122 cm³/mol. The lowest BCUT2D eigenvalue weighted by molar-refractivity contribution is 0.00626. The van der Waals surface area contributed by atoms with Crippen LogP contribution in [0.15, 0.2) is 53.5 Å². The number of hydrogen-bond acceptors (Lipinski definition) is 6. The summed E-state index contributed by atoms with van der Waals surface area (Å²) >= 11 is 1.33. The lowest BCUT2D eigenvalue weighted by atomic mass is 9.86. The van der Waals surface area contributed by atoms with Crippen LogP contribution in [-0.2, 0) is 21.6 Å². The van der Waals surface area contributed by atoms with Crippen LogP contribution in [0.5, 0.6) is 0 Å². The number of carbonyl (C=O) groups excluding carboxylic acids is 1. The van der Waals surface area contributed by atoms with E-state index in [1.807, 2.05) is 30.3 Å². The van der Waals surface area contributed by atoms with E-state index >= 15 is 0 Å². The van der Waals surface area contributed by atoms with Crippen LogP contribution in [0.3, 0.4) is 0 Å². The van der Waals surface area contributed by atoms with Crippen molar-refractivity contribution in [3.8, 4) is 0 Å². The molecule has 31 heavy (non-hydrogen) atoms. The molecule has 1 aliphatic rings. The quantitative estimate of drug-likeness (QED) is 0.658. The molecule has 6 nitrogen and oxygen atoms in total. The van der Waals surface area contributed by atoms with Gasteiger partial charge in [0, 0.05) is 17.0 Å². The van der Waals surface area contributed by atoms with Crippen LogP contribution in [0, 0.1) is 5.82 Å². The SMILES string of the molecule is CC(C)(C)OC(=O)NC1=N[C@](C)(c2cc(N)ccc2F)C(OCc2ccccc2)CS1. The van der Waals surface area contributed by atoms with E-state index in [0.717, 1.165) is 5.56 Å². The van der Waals surface area contributed by atoms with Gasteiger partial charge in [-0.3, -0.25) is 5.32 Å². The van der Waals surface area contributed by atoms with Crippen molar-refractivity contribution in [1.29, 1.82) is 0 Å². The molecule has 0 aromatic heterocycles. The molecule has 0 saturated carbocycles. The van der Waals surface area contributed by atoms with Gasteiger partial charge in [-0.25, -0.2) is 14.2 Å². The van der Waals surface area contributed by atoms with Crippen LogP contribution in [0.25, 0.3) is 0 Å². The molecule has 1 heterocycles. The number of hydrogen-bond donors (Lipinski definition) is 2. The molecule has 8 heteroatoms. The Morgan fingerprint density at radius 1 is 1.29 bits per heavy atom. The molecule has 0 spiro atoms. The summed E-state index contributed by atoms with van der Waals surface area (Å²) in [7, 11) is 0. The number of anilines is 1. The maximum absolute atomic E-state index is 14.8. The number of rotatable bonds is 4. The second-order valence-corrected chi connectivity index (χ2v) is 9.54. The highest BCUT2D eigenvalue weighted by Gasteiger charge is 2.43. The molecule has 0 bridgehead atoms. The van der Waals surface area contributed by atoms with E-state index in [2.05, 4.69) is 5.32 Å². The largest absolute Gasteiger partial charge is 0.444 e. The van der Waals surface area contributed by atoms with E-state index in [-0.39, 0.29) is 0 Å². The zero-order valence-corrected chi connectivity index (χ0v) is 19.0. The molecule has 3 N–H and O–H groups in total. The van der Waals surface area contributed by atoms with Gasteiger partial charge in [-0.2, -0.15) is 0 Å². The number of aliphatic imine (C=N–C) groups is 1. The highest BCUT2D eigenvalue weighted by molar-refractivity contribution is 8.14. The van der Waals surface area contributed by atoms with E-state index in [1.165, 1.54) is 23.9 Å². The monoisotopic (exact) mass is 445 g/mol. The van der Waals surface area contributed by atoms with Crippen molar-refractivity contribution in [2.45, 2.75) is 51.5 Å². The molecule has 0 saturated heterocycles.